The second-order valence-electron chi connectivity index (χ2n) is 7.85. The van der Waals surface area contributed by atoms with E-state index >= 15 is 0 Å². The lowest BCUT2D eigenvalue weighted by Crippen LogP contribution is -2.21. The smallest absolute Gasteiger partial charge is 0.280 e. The van der Waals surface area contributed by atoms with Gasteiger partial charge in [-0.1, -0.05) is 6.07 Å². The van der Waals surface area contributed by atoms with Gasteiger partial charge >= 0.3 is 0 Å². The molecule has 0 aliphatic heterocycles. The summed E-state index contributed by atoms with van der Waals surface area (Å²) in [6.07, 6.45) is 2.41. The molecule has 1 saturated carbocycles. The van der Waals surface area contributed by atoms with E-state index in [2.05, 4.69) is 15.5 Å². The molecule has 0 spiro atoms. The Hall–Kier alpha value is -3.43. The number of nitrogens with zero attached hydrogens (tertiary/aromatic N) is 4. The quantitative estimate of drug-likeness (QED) is 0.460. The largest absolute Gasteiger partial charge is 0.490 e. The Balaban J connectivity index is 1.39. The van der Waals surface area contributed by atoms with Gasteiger partial charge in [-0.25, -0.2) is 8.78 Å². The van der Waals surface area contributed by atoms with E-state index in [9.17, 15) is 13.6 Å². The van der Waals surface area contributed by atoms with Gasteiger partial charge in [0.1, 0.15) is 12.2 Å². The maximum Gasteiger partial charge on any atom is 0.280 e. The molecule has 0 saturated heterocycles. The van der Waals surface area contributed by atoms with E-state index in [-0.39, 0.29) is 18.2 Å². The molecule has 33 heavy (non-hydrogen) atoms. The van der Waals surface area contributed by atoms with Gasteiger partial charge in [0.05, 0.1) is 37.3 Å². The zero-order chi connectivity index (χ0) is 23.4. The molecule has 2 aromatic heterocycles. The number of rotatable bonds is 11. The van der Waals surface area contributed by atoms with Crippen molar-refractivity contribution in [3.63, 3.8) is 0 Å². The Bertz CT molecular complexity index is 1110. The molecule has 0 bridgehead atoms. The van der Waals surface area contributed by atoms with Crippen LogP contribution in [0.1, 0.15) is 56.0 Å². The first kappa shape index (κ1) is 22.8. The van der Waals surface area contributed by atoms with E-state index < -0.39 is 12.3 Å². The lowest BCUT2D eigenvalue weighted by molar-refractivity contribution is -0.117. The van der Waals surface area contributed by atoms with Gasteiger partial charge < -0.3 is 14.8 Å². The van der Waals surface area contributed by atoms with E-state index in [1.807, 2.05) is 32.0 Å². The minimum atomic E-state index is -2.68. The summed E-state index contributed by atoms with van der Waals surface area (Å²) in [7, 11) is 0. The van der Waals surface area contributed by atoms with Crippen LogP contribution in [0.2, 0.25) is 0 Å². The molecule has 10 heteroatoms. The summed E-state index contributed by atoms with van der Waals surface area (Å²) in [5.74, 6) is 1.14. The van der Waals surface area contributed by atoms with E-state index in [4.69, 9.17) is 9.47 Å². The summed E-state index contributed by atoms with van der Waals surface area (Å²) in [5, 5.41) is 11.2. The Morgan fingerprint density at radius 3 is 2.64 bits per heavy atom. The number of alkyl halides is 2. The van der Waals surface area contributed by atoms with E-state index in [0.717, 1.165) is 23.1 Å². The van der Waals surface area contributed by atoms with Gasteiger partial charge in [-0.2, -0.15) is 10.2 Å². The number of carbonyl (C=O) groups excluding carboxylic acids is 1. The number of halogens is 2. The average Bonchev–Trinajstić information content (AvgIpc) is 3.40. The first-order chi connectivity index (χ1) is 16.0. The van der Waals surface area contributed by atoms with Crippen LogP contribution in [0.25, 0.3) is 0 Å². The van der Waals surface area contributed by atoms with Crippen molar-refractivity contribution >= 4 is 11.6 Å². The standard InChI is InChI=1S/C23H27F2N5O3/c1-3-32-20-8-5-15(9-21(20)33-4-2)12-29-13-17(11-26-29)27-22(31)14-30-19(23(24)25)10-18(28-30)16-6-7-16/h5,8-11,13,16,23H,3-4,6-7,12,14H2,1-2H3,(H,27,31). The molecule has 1 aliphatic carbocycles. The van der Waals surface area contributed by atoms with Gasteiger partial charge in [0.15, 0.2) is 11.5 Å². The molecule has 4 rings (SSSR count). The highest BCUT2D eigenvalue weighted by Crippen LogP contribution is 2.40. The second kappa shape index (κ2) is 10.0. The van der Waals surface area contributed by atoms with Crippen LogP contribution in [0.3, 0.4) is 0 Å². The van der Waals surface area contributed by atoms with Crippen molar-refractivity contribution in [3.8, 4) is 11.5 Å². The highest BCUT2D eigenvalue weighted by molar-refractivity contribution is 5.90. The van der Waals surface area contributed by atoms with Gasteiger partial charge in [0.25, 0.3) is 6.43 Å². The first-order valence-corrected chi connectivity index (χ1v) is 11.0. The molecule has 0 unspecified atom stereocenters. The average molecular weight is 459 g/mol. The highest BCUT2D eigenvalue weighted by atomic mass is 19.3. The van der Waals surface area contributed by atoms with Crippen molar-refractivity contribution in [1.82, 2.24) is 19.6 Å². The number of ether oxygens (including phenoxy) is 2. The number of aromatic nitrogens is 4. The zero-order valence-corrected chi connectivity index (χ0v) is 18.6. The van der Waals surface area contributed by atoms with Crippen LogP contribution >= 0.6 is 0 Å². The normalized spacial score (nSPS) is 13.4. The lowest BCUT2D eigenvalue weighted by Gasteiger charge is -2.12. The Morgan fingerprint density at radius 1 is 1.18 bits per heavy atom. The van der Waals surface area contributed by atoms with Crippen molar-refractivity contribution in [2.24, 2.45) is 0 Å². The van der Waals surface area contributed by atoms with Gasteiger partial charge in [0, 0.05) is 12.1 Å². The Morgan fingerprint density at radius 2 is 1.94 bits per heavy atom. The van der Waals surface area contributed by atoms with Gasteiger partial charge in [-0.15, -0.1) is 0 Å². The molecule has 1 aliphatic rings. The van der Waals surface area contributed by atoms with E-state index in [1.165, 1.54) is 12.3 Å². The Kier molecular flexibility index (Phi) is 6.90. The third kappa shape index (κ3) is 5.68. The second-order valence-corrected chi connectivity index (χ2v) is 7.85. The molecule has 2 heterocycles. The maximum absolute atomic E-state index is 13.3. The maximum atomic E-state index is 13.3. The summed E-state index contributed by atoms with van der Waals surface area (Å²) < 4.78 is 40.7. The highest BCUT2D eigenvalue weighted by Gasteiger charge is 2.29. The van der Waals surface area contributed by atoms with Gasteiger partial charge in [0.2, 0.25) is 5.91 Å². The lowest BCUT2D eigenvalue weighted by atomic mass is 10.2. The third-order valence-electron chi connectivity index (χ3n) is 5.21. The van der Waals surface area contributed by atoms with Gasteiger partial charge in [-0.3, -0.25) is 14.2 Å². The summed E-state index contributed by atoms with van der Waals surface area (Å²) in [4.78, 5) is 12.5. The van der Waals surface area contributed by atoms with Crippen molar-refractivity contribution in [2.45, 2.75) is 52.1 Å². The molecular formula is C23H27F2N5O3. The number of nitrogens with one attached hydrogen (secondary N) is 1. The molecule has 1 aromatic carbocycles. The summed E-state index contributed by atoms with van der Waals surface area (Å²) in [5.41, 5.74) is 1.83. The van der Waals surface area contributed by atoms with Crippen LogP contribution in [0.15, 0.2) is 36.7 Å². The fourth-order valence-electron chi connectivity index (χ4n) is 3.56. The van der Waals surface area contributed by atoms with Crippen LogP contribution < -0.4 is 14.8 Å². The van der Waals surface area contributed by atoms with E-state index in [0.29, 0.717) is 42.6 Å². The van der Waals surface area contributed by atoms with Crippen LogP contribution in [0.5, 0.6) is 11.5 Å². The molecule has 1 N–H and O–H groups in total. The minimum absolute atomic E-state index is 0.232. The molecule has 176 valence electrons. The number of hydrogen-bond acceptors (Lipinski definition) is 5. The number of amides is 1. The monoisotopic (exact) mass is 459 g/mol. The molecule has 0 radical (unpaired) electrons. The fourth-order valence-corrected chi connectivity index (χ4v) is 3.56. The predicted octanol–water partition coefficient (Wildman–Crippen LogP) is 4.38. The Labute approximate surface area is 190 Å². The molecule has 8 nitrogen and oxygen atoms in total. The van der Waals surface area contributed by atoms with Crippen LogP contribution in [-0.4, -0.2) is 38.7 Å². The number of benzene rings is 1. The summed E-state index contributed by atoms with van der Waals surface area (Å²) in [6.45, 7) is 5.06. The molecular weight excluding hydrogens is 432 g/mol. The number of anilines is 1. The number of hydrogen-bond donors (Lipinski definition) is 1. The van der Waals surface area contributed by atoms with Crippen molar-refractivity contribution in [1.29, 1.82) is 0 Å². The van der Waals surface area contributed by atoms with Crippen LogP contribution in [-0.2, 0) is 17.9 Å². The summed E-state index contributed by atoms with van der Waals surface area (Å²) in [6, 6.07) is 7.08. The summed E-state index contributed by atoms with van der Waals surface area (Å²) >= 11 is 0. The molecule has 1 amide bonds. The van der Waals surface area contributed by atoms with Crippen molar-refractivity contribution in [2.75, 3.05) is 18.5 Å². The zero-order valence-electron chi connectivity index (χ0n) is 18.6. The van der Waals surface area contributed by atoms with E-state index in [1.54, 1.807) is 10.9 Å². The van der Waals surface area contributed by atoms with Gasteiger partial charge in [-0.05, 0) is 50.5 Å². The fraction of sp³-hybridized carbons (Fsp3) is 0.435. The predicted molar refractivity (Wildman–Crippen MR) is 118 cm³/mol. The molecule has 0 atom stereocenters. The molecule has 3 aromatic rings. The third-order valence-corrected chi connectivity index (χ3v) is 5.21. The topological polar surface area (TPSA) is 83.2 Å². The minimum Gasteiger partial charge on any atom is -0.490 e. The molecule has 1 fully saturated rings. The number of carbonyl (C=O) groups is 1. The van der Waals surface area contributed by atoms with Crippen molar-refractivity contribution in [3.05, 3.63) is 53.6 Å². The van der Waals surface area contributed by atoms with Crippen molar-refractivity contribution < 1.29 is 23.0 Å². The SMILES string of the molecule is CCOc1ccc(Cn2cc(NC(=O)Cn3nc(C4CC4)cc3C(F)F)cn2)cc1OCC. The van der Waals surface area contributed by atoms with Crippen LogP contribution in [0.4, 0.5) is 14.5 Å². The van der Waals surface area contributed by atoms with Crippen LogP contribution in [0, 0.1) is 0 Å². The first-order valence-electron chi connectivity index (χ1n) is 11.0.